The summed E-state index contributed by atoms with van der Waals surface area (Å²) in [6.45, 7) is -0.477. The van der Waals surface area contributed by atoms with Crippen molar-refractivity contribution in [1.82, 2.24) is 0 Å². The third-order valence-electron chi connectivity index (χ3n) is 1.71. The van der Waals surface area contributed by atoms with Crippen LogP contribution in [0.3, 0.4) is 0 Å². The van der Waals surface area contributed by atoms with Crippen molar-refractivity contribution < 1.29 is 0 Å². The first-order chi connectivity index (χ1) is 5.83. The Hall–Kier alpha value is -1.99. The van der Waals surface area contributed by atoms with Gasteiger partial charge in [-0.05, 0) is 6.08 Å². The average Bonchev–Trinajstić information content (AvgIpc) is 2.16. The van der Waals surface area contributed by atoms with Crippen LogP contribution in [0, 0.1) is 33.9 Å². The molecule has 0 aromatic carbocycles. The van der Waals surface area contributed by atoms with Gasteiger partial charge in [-0.1, -0.05) is 12.1 Å². The maximum Gasteiger partial charge on any atom is 0.315 e. The number of nitrogens with zero attached hydrogens (tertiary/aromatic N) is 3. The molecule has 0 N–H and O–H groups in total. The monoisotopic (exact) mass is 153 g/mol. The first-order valence-electron chi connectivity index (χ1n) is 3.41. The van der Waals surface area contributed by atoms with Crippen LogP contribution in [0.15, 0.2) is 23.7 Å². The Labute approximate surface area is 70.9 Å². The normalized spacial score (nSPS) is 20.2. The minimum atomic E-state index is -0.593. The summed E-state index contributed by atoms with van der Waals surface area (Å²) in [5.41, 5.74) is 0.367. The van der Waals surface area contributed by atoms with Gasteiger partial charge in [0.2, 0.25) is 0 Å². The van der Waals surface area contributed by atoms with Crippen LogP contribution in [0.4, 0.5) is 0 Å². The number of hydrogen-bond donors (Lipinski definition) is 0. The second kappa shape index (κ2) is 3.42. The Balaban J connectivity index is 3.02. The van der Waals surface area contributed by atoms with Gasteiger partial charge in [-0.25, -0.2) is 5.26 Å². The predicted molar refractivity (Wildman–Crippen MR) is 43.6 cm³/mol. The van der Waals surface area contributed by atoms with Crippen molar-refractivity contribution in [3.8, 4) is 18.1 Å². The third kappa shape index (κ3) is 1.22. The Kier molecular flexibility index (Phi) is 2.31. The summed E-state index contributed by atoms with van der Waals surface area (Å²) in [6.07, 6.45) is 3.21. The van der Waals surface area contributed by atoms with Gasteiger partial charge in [-0.15, -0.1) is 0 Å². The summed E-state index contributed by atoms with van der Waals surface area (Å²) < 4.78 is 0. The van der Waals surface area contributed by atoms with Crippen LogP contribution in [-0.4, -0.2) is 6.71 Å². The van der Waals surface area contributed by atoms with Gasteiger partial charge in [-0.3, -0.25) is 0 Å². The fourth-order valence-electron chi connectivity index (χ4n) is 1.06. The minimum Gasteiger partial charge on any atom is -0.212 e. The molecule has 0 aromatic rings. The van der Waals surface area contributed by atoms with E-state index in [0.717, 1.165) is 0 Å². The Morgan fingerprint density at radius 1 is 1.33 bits per heavy atom. The molecule has 1 rings (SSSR count). The lowest BCUT2D eigenvalue weighted by Gasteiger charge is -2.09. The lowest BCUT2D eigenvalue weighted by Crippen LogP contribution is -2.19. The maximum atomic E-state index is 8.67. The second-order valence-electron chi connectivity index (χ2n) is 2.38. The molecule has 1 aliphatic heterocycles. The summed E-state index contributed by atoms with van der Waals surface area (Å²) in [4.78, 5) is 0. The standard InChI is InChI=1S/C8H4BN3/c10-4-7-2-1-3-9(6-12)8(7)5-11/h1-3,8H. The van der Waals surface area contributed by atoms with Crippen molar-refractivity contribution in [1.29, 1.82) is 15.8 Å². The van der Waals surface area contributed by atoms with Gasteiger partial charge >= 0.3 is 6.71 Å². The zero-order valence-electron chi connectivity index (χ0n) is 6.23. The molecule has 3 nitrogen and oxygen atoms in total. The van der Waals surface area contributed by atoms with E-state index in [-0.39, 0.29) is 0 Å². The molecular weight excluding hydrogens is 149 g/mol. The molecule has 4 heteroatoms. The Morgan fingerprint density at radius 3 is 2.58 bits per heavy atom. The van der Waals surface area contributed by atoms with Gasteiger partial charge in [0.25, 0.3) is 0 Å². The van der Waals surface area contributed by atoms with Crippen LogP contribution in [0.2, 0.25) is 5.82 Å². The van der Waals surface area contributed by atoms with Crippen LogP contribution in [0.1, 0.15) is 0 Å². The van der Waals surface area contributed by atoms with E-state index in [1.165, 1.54) is 0 Å². The maximum absolute atomic E-state index is 8.67. The molecule has 1 unspecified atom stereocenters. The summed E-state index contributed by atoms with van der Waals surface area (Å²) in [5, 5.41) is 25.9. The van der Waals surface area contributed by atoms with Gasteiger partial charge in [0.15, 0.2) is 0 Å². The fourth-order valence-corrected chi connectivity index (χ4v) is 1.06. The SMILES string of the molecule is N#CB1C=CC=C(C#N)C1C#N. The lowest BCUT2D eigenvalue weighted by atomic mass is 9.40. The highest BCUT2D eigenvalue weighted by atomic mass is 14.3. The van der Waals surface area contributed by atoms with Crippen molar-refractivity contribution in [2.75, 3.05) is 0 Å². The zero-order valence-corrected chi connectivity index (χ0v) is 6.23. The topological polar surface area (TPSA) is 71.4 Å². The average molecular weight is 153 g/mol. The van der Waals surface area contributed by atoms with Crippen LogP contribution in [-0.2, 0) is 0 Å². The molecule has 0 spiro atoms. The smallest absolute Gasteiger partial charge is 0.212 e. The van der Waals surface area contributed by atoms with Gasteiger partial charge in [0, 0.05) is 11.5 Å². The molecule has 1 atom stereocenters. The van der Waals surface area contributed by atoms with Crippen molar-refractivity contribution in [2.45, 2.75) is 5.82 Å². The number of allylic oxidation sites excluding steroid dienone is 3. The Morgan fingerprint density at radius 2 is 2.08 bits per heavy atom. The van der Waals surface area contributed by atoms with Gasteiger partial charge in [0.05, 0.1) is 18.0 Å². The Bertz CT molecular complexity index is 361. The van der Waals surface area contributed by atoms with Crippen molar-refractivity contribution in [3.05, 3.63) is 23.7 Å². The van der Waals surface area contributed by atoms with E-state index in [0.29, 0.717) is 5.57 Å². The van der Waals surface area contributed by atoms with E-state index in [1.807, 2.05) is 18.1 Å². The van der Waals surface area contributed by atoms with Crippen LogP contribution >= 0.6 is 0 Å². The lowest BCUT2D eigenvalue weighted by molar-refractivity contribution is 1.23. The highest BCUT2D eigenvalue weighted by molar-refractivity contribution is 6.75. The van der Waals surface area contributed by atoms with E-state index < -0.39 is 12.5 Å². The minimum absolute atomic E-state index is 0.367. The van der Waals surface area contributed by atoms with Crippen LogP contribution in [0.5, 0.6) is 0 Å². The molecule has 0 fully saturated rings. The summed E-state index contributed by atoms with van der Waals surface area (Å²) in [5.74, 6) is 3.01. The number of nitriles is 3. The highest BCUT2D eigenvalue weighted by Gasteiger charge is 2.29. The zero-order chi connectivity index (χ0) is 8.97. The molecule has 0 amide bonds. The first kappa shape index (κ1) is 8.11. The van der Waals surface area contributed by atoms with E-state index >= 15 is 0 Å². The fraction of sp³-hybridized carbons (Fsp3) is 0.125. The first-order valence-corrected chi connectivity index (χ1v) is 3.41. The molecule has 0 bridgehead atoms. The van der Waals surface area contributed by atoms with E-state index in [4.69, 9.17) is 15.8 Å². The van der Waals surface area contributed by atoms with Gasteiger partial charge in [0.1, 0.15) is 0 Å². The van der Waals surface area contributed by atoms with E-state index in [1.54, 1.807) is 18.1 Å². The van der Waals surface area contributed by atoms with Crippen molar-refractivity contribution in [2.24, 2.45) is 0 Å². The van der Waals surface area contributed by atoms with Crippen LogP contribution < -0.4 is 0 Å². The largest absolute Gasteiger partial charge is 0.315 e. The summed E-state index contributed by atoms with van der Waals surface area (Å²) in [6, 6.07) is 3.85. The highest BCUT2D eigenvalue weighted by Crippen LogP contribution is 2.23. The van der Waals surface area contributed by atoms with Crippen molar-refractivity contribution in [3.63, 3.8) is 0 Å². The molecule has 12 heavy (non-hydrogen) atoms. The van der Waals surface area contributed by atoms with Crippen molar-refractivity contribution >= 4 is 6.71 Å². The van der Waals surface area contributed by atoms with Crippen LogP contribution in [0.25, 0.3) is 0 Å². The molecule has 1 heterocycles. The quantitative estimate of drug-likeness (QED) is 0.487. The molecule has 54 valence electrons. The molecule has 0 saturated carbocycles. The second-order valence-corrected chi connectivity index (χ2v) is 2.38. The molecular formula is C8H4BN3. The molecule has 0 aromatic heterocycles. The predicted octanol–water partition coefficient (Wildman–Crippen LogP) is 0.997. The third-order valence-corrected chi connectivity index (χ3v) is 1.71. The van der Waals surface area contributed by atoms with E-state index in [2.05, 4.69) is 0 Å². The molecule has 1 aliphatic rings. The summed E-state index contributed by atoms with van der Waals surface area (Å²) >= 11 is 0. The number of rotatable bonds is 0. The van der Waals surface area contributed by atoms with E-state index in [9.17, 15) is 0 Å². The van der Waals surface area contributed by atoms with Gasteiger partial charge in [-0.2, -0.15) is 10.5 Å². The molecule has 0 radical (unpaired) electrons. The van der Waals surface area contributed by atoms with Gasteiger partial charge < -0.3 is 0 Å². The molecule has 0 saturated heterocycles. The summed E-state index contributed by atoms with van der Waals surface area (Å²) in [7, 11) is 0. The molecule has 0 aliphatic carbocycles. The number of hydrogen-bond acceptors (Lipinski definition) is 3.